The molecule has 0 saturated heterocycles. The van der Waals surface area contributed by atoms with Crippen LogP contribution in [0, 0.1) is 6.92 Å². The van der Waals surface area contributed by atoms with E-state index in [0.29, 0.717) is 11.6 Å². The summed E-state index contributed by atoms with van der Waals surface area (Å²) in [5.74, 6) is 0.853. The monoisotopic (exact) mass is 322 g/mol. The van der Waals surface area contributed by atoms with E-state index in [1.54, 1.807) is 0 Å². The molecule has 0 aliphatic carbocycles. The maximum absolute atomic E-state index is 8.51. The van der Waals surface area contributed by atoms with Crippen molar-refractivity contribution in [2.24, 2.45) is 10.9 Å². The van der Waals surface area contributed by atoms with E-state index >= 15 is 0 Å². The standard InChI is InChI=1S/C12H11BrN4O2/c1-7-2-3-10(8(13)4-7)19-11-6-15-9(5-16-11)12(14)17-18/h2-6,18H,1H3,(H2,14,17). The summed E-state index contributed by atoms with van der Waals surface area (Å²) in [4.78, 5) is 8.00. The Balaban J connectivity index is 2.20. The molecular formula is C12H11BrN4O2. The second-order valence-electron chi connectivity index (χ2n) is 3.76. The molecule has 2 rings (SSSR count). The Labute approximate surface area is 118 Å². The highest BCUT2D eigenvalue weighted by Gasteiger charge is 2.06. The molecule has 2 aromatic rings. The number of nitrogens with two attached hydrogens (primary N) is 1. The summed E-state index contributed by atoms with van der Waals surface area (Å²) in [5.41, 5.74) is 6.78. The molecule has 1 aromatic carbocycles. The Morgan fingerprint density at radius 2 is 2.16 bits per heavy atom. The van der Waals surface area contributed by atoms with Gasteiger partial charge in [0.05, 0.1) is 16.9 Å². The minimum atomic E-state index is -0.101. The van der Waals surface area contributed by atoms with Crippen molar-refractivity contribution in [3.8, 4) is 11.6 Å². The summed E-state index contributed by atoms with van der Waals surface area (Å²) >= 11 is 3.41. The van der Waals surface area contributed by atoms with Gasteiger partial charge < -0.3 is 15.7 Å². The second kappa shape index (κ2) is 5.66. The topological polar surface area (TPSA) is 93.6 Å². The SMILES string of the molecule is Cc1ccc(Oc2cnc(C(N)=NO)cn2)c(Br)c1. The lowest BCUT2D eigenvalue weighted by molar-refractivity contribution is 0.318. The summed E-state index contributed by atoms with van der Waals surface area (Å²) < 4.78 is 6.40. The first kappa shape index (κ1) is 13.3. The quantitative estimate of drug-likeness (QED) is 0.392. The highest BCUT2D eigenvalue weighted by Crippen LogP contribution is 2.29. The van der Waals surface area contributed by atoms with Gasteiger partial charge in [0.15, 0.2) is 5.84 Å². The summed E-state index contributed by atoms with van der Waals surface area (Å²) in [7, 11) is 0. The van der Waals surface area contributed by atoms with Crippen LogP contribution in [0.1, 0.15) is 11.3 Å². The van der Waals surface area contributed by atoms with Crippen molar-refractivity contribution < 1.29 is 9.94 Å². The van der Waals surface area contributed by atoms with E-state index in [4.69, 9.17) is 15.7 Å². The van der Waals surface area contributed by atoms with Crippen LogP contribution in [0.15, 0.2) is 40.2 Å². The number of oxime groups is 1. The molecule has 7 heteroatoms. The molecule has 0 saturated carbocycles. The maximum Gasteiger partial charge on any atom is 0.237 e. The molecule has 0 unspecified atom stereocenters. The van der Waals surface area contributed by atoms with Crippen LogP contribution < -0.4 is 10.5 Å². The van der Waals surface area contributed by atoms with Gasteiger partial charge >= 0.3 is 0 Å². The summed E-state index contributed by atoms with van der Waals surface area (Å²) in [6.45, 7) is 1.99. The first-order valence-corrected chi connectivity index (χ1v) is 6.13. The van der Waals surface area contributed by atoms with Crippen molar-refractivity contribution in [1.29, 1.82) is 0 Å². The molecule has 0 aliphatic rings. The molecule has 0 fully saturated rings. The van der Waals surface area contributed by atoms with Crippen LogP contribution in [0.25, 0.3) is 0 Å². The number of aryl methyl sites for hydroxylation is 1. The molecule has 1 aromatic heterocycles. The molecule has 0 bridgehead atoms. The normalized spacial score (nSPS) is 11.4. The van der Waals surface area contributed by atoms with Crippen molar-refractivity contribution in [2.45, 2.75) is 6.92 Å². The highest BCUT2D eigenvalue weighted by molar-refractivity contribution is 9.10. The Kier molecular flexibility index (Phi) is 3.96. The zero-order chi connectivity index (χ0) is 13.8. The van der Waals surface area contributed by atoms with E-state index < -0.39 is 0 Å². The molecule has 19 heavy (non-hydrogen) atoms. The van der Waals surface area contributed by atoms with Crippen LogP contribution in [0.2, 0.25) is 0 Å². The van der Waals surface area contributed by atoms with Crippen molar-refractivity contribution >= 4 is 21.8 Å². The van der Waals surface area contributed by atoms with Gasteiger partial charge in [0.2, 0.25) is 5.88 Å². The Morgan fingerprint density at radius 3 is 2.74 bits per heavy atom. The summed E-state index contributed by atoms with van der Waals surface area (Å²) in [6.07, 6.45) is 2.77. The zero-order valence-corrected chi connectivity index (χ0v) is 11.6. The lowest BCUT2D eigenvalue weighted by Gasteiger charge is -2.07. The van der Waals surface area contributed by atoms with E-state index in [0.717, 1.165) is 10.0 Å². The Morgan fingerprint density at radius 1 is 1.37 bits per heavy atom. The van der Waals surface area contributed by atoms with E-state index in [1.807, 2.05) is 25.1 Å². The fourth-order valence-corrected chi connectivity index (χ4v) is 1.93. The molecule has 0 amide bonds. The number of nitrogens with zero attached hydrogens (tertiary/aromatic N) is 3. The molecule has 1 heterocycles. The maximum atomic E-state index is 8.51. The minimum Gasteiger partial charge on any atom is -0.436 e. The molecule has 0 aliphatic heterocycles. The number of rotatable bonds is 3. The molecule has 0 atom stereocenters. The molecule has 98 valence electrons. The number of benzene rings is 1. The molecular weight excluding hydrogens is 312 g/mol. The van der Waals surface area contributed by atoms with E-state index in [1.165, 1.54) is 12.4 Å². The van der Waals surface area contributed by atoms with Crippen molar-refractivity contribution in [1.82, 2.24) is 9.97 Å². The zero-order valence-electron chi connectivity index (χ0n) is 10.0. The van der Waals surface area contributed by atoms with Crippen LogP contribution in [-0.2, 0) is 0 Å². The van der Waals surface area contributed by atoms with Crippen LogP contribution in [0.3, 0.4) is 0 Å². The average molecular weight is 323 g/mol. The molecule has 3 N–H and O–H groups in total. The first-order chi connectivity index (χ1) is 9.10. The van der Waals surface area contributed by atoms with Crippen LogP contribution in [0.4, 0.5) is 0 Å². The van der Waals surface area contributed by atoms with Gasteiger partial charge in [-0.25, -0.2) is 9.97 Å². The van der Waals surface area contributed by atoms with Gasteiger partial charge in [-0.1, -0.05) is 11.2 Å². The second-order valence-corrected chi connectivity index (χ2v) is 4.62. The molecule has 0 spiro atoms. The van der Waals surface area contributed by atoms with Gasteiger partial charge in [0.1, 0.15) is 11.4 Å². The third-order valence-electron chi connectivity index (χ3n) is 2.30. The lowest BCUT2D eigenvalue weighted by Crippen LogP contribution is -2.15. The van der Waals surface area contributed by atoms with Crippen LogP contribution >= 0.6 is 15.9 Å². The predicted octanol–water partition coefficient (Wildman–Crippen LogP) is 2.43. The first-order valence-electron chi connectivity index (χ1n) is 5.34. The fourth-order valence-electron chi connectivity index (χ4n) is 1.35. The van der Waals surface area contributed by atoms with Gasteiger partial charge in [-0.3, -0.25) is 0 Å². The number of aromatic nitrogens is 2. The minimum absolute atomic E-state index is 0.101. The smallest absolute Gasteiger partial charge is 0.237 e. The van der Waals surface area contributed by atoms with Crippen LogP contribution in [-0.4, -0.2) is 21.0 Å². The Hall–Kier alpha value is -2.15. The number of hydrogen-bond acceptors (Lipinski definition) is 5. The number of amidine groups is 1. The summed E-state index contributed by atoms with van der Waals surface area (Å²) in [6, 6.07) is 5.70. The van der Waals surface area contributed by atoms with Gasteiger partial charge in [-0.15, -0.1) is 0 Å². The average Bonchev–Trinajstić information content (AvgIpc) is 2.42. The molecule has 6 nitrogen and oxygen atoms in total. The fraction of sp³-hybridized carbons (Fsp3) is 0.0833. The third kappa shape index (κ3) is 3.19. The third-order valence-corrected chi connectivity index (χ3v) is 2.92. The largest absolute Gasteiger partial charge is 0.436 e. The van der Waals surface area contributed by atoms with Crippen molar-refractivity contribution in [3.05, 3.63) is 46.3 Å². The highest BCUT2D eigenvalue weighted by atomic mass is 79.9. The van der Waals surface area contributed by atoms with E-state index in [9.17, 15) is 0 Å². The van der Waals surface area contributed by atoms with Gasteiger partial charge in [0, 0.05) is 0 Å². The van der Waals surface area contributed by atoms with Gasteiger partial charge in [-0.05, 0) is 40.5 Å². The predicted molar refractivity (Wildman–Crippen MR) is 73.5 cm³/mol. The lowest BCUT2D eigenvalue weighted by atomic mass is 10.2. The van der Waals surface area contributed by atoms with E-state index in [2.05, 4.69) is 31.1 Å². The van der Waals surface area contributed by atoms with Crippen LogP contribution in [0.5, 0.6) is 11.6 Å². The van der Waals surface area contributed by atoms with Crippen molar-refractivity contribution in [2.75, 3.05) is 0 Å². The van der Waals surface area contributed by atoms with Gasteiger partial charge in [0.25, 0.3) is 0 Å². The van der Waals surface area contributed by atoms with Gasteiger partial charge in [-0.2, -0.15) is 0 Å². The number of hydrogen-bond donors (Lipinski definition) is 2. The molecule has 0 radical (unpaired) electrons. The summed E-state index contributed by atoms with van der Waals surface area (Å²) in [5, 5.41) is 11.4. The number of ether oxygens (including phenoxy) is 1. The van der Waals surface area contributed by atoms with Crippen molar-refractivity contribution in [3.63, 3.8) is 0 Å². The van der Waals surface area contributed by atoms with E-state index in [-0.39, 0.29) is 11.5 Å². The number of halogens is 1. The Bertz CT molecular complexity index is 614.